The maximum atomic E-state index is 15.3. The summed E-state index contributed by atoms with van der Waals surface area (Å²) in [4.78, 5) is 65.2. The van der Waals surface area contributed by atoms with Gasteiger partial charge in [-0.2, -0.15) is 10.1 Å². The predicted molar refractivity (Wildman–Crippen MR) is 297 cm³/mol. The molecule has 81 heavy (non-hydrogen) atoms. The Morgan fingerprint density at radius 2 is 1.48 bits per heavy atom. The predicted octanol–water partition coefficient (Wildman–Crippen LogP) is 4.93. The summed E-state index contributed by atoms with van der Waals surface area (Å²) < 4.78 is 70.1. The van der Waals surface area contributed by atoms with Crippen molar-refractivity contribution >= 4 is 52.7 Å². The van der Waals surface area contributed by atoms with Crippen molar-refractivity contribution in [3.63, 3.8) is 0 Å². The molecule has 5 unspecified atom stereocenters. The second-order valence-corrected chi connectivity index (χ2v) is 20.6. The second-order valence-electron chi connectivity index (χ2n) is 20.2. The van der Waals surface area contributed by atoms with Gasteiger partial charge in [0.2, 0.25) is 29.6 Å². The SMILES string of the molecule is CNC(C)C(=O)NC(C(=O)N1CC(NC(=O)COCCOCCOCCOCCOCCOCCOc2cc(F)cc(CNc3nc(Nc4cnn(C)c4)ncc3Cl)c2F)CC1C(=O)NC1CCCc2ccccc21)C1CCCCC1. The molecule has 2 fully saturated rings. The van der Waals surface area contributed by atoms with E-state index < -0.39 is 35.8 Å². The van der Waals surface area contributed by atoms with Gasteiger partial charge in [-0.25, -0.2) is 13.8 Å². The molecule has 7 rings (SSSR count). The van der Waals surface area contributed by atoms with Gasteiger partial charge in [-0.15, -0.1) is 0 Å². The van der Waals surface area contributed by atoms with Crippen molar-refractivity contribution in [2.75, 3.05) is 110 Å². The van der Waals surface area contributed by atoms with Crippen LogP contribution in [0.4, 0.5) is 26.2 Å². The number of benzene rings is 2. The highest BCUT2D eigenvalue weighted by molar-refractivity contribution is 6.32. The number of amides is 4. The van der Waals surface area contributed by atoms with E-state index in [0.717, 1.165) is 69.1 Å². The first-order chi connectivity index (χ1) is 39.4. The Balaban J connectivity index is 0.709. The van der Waals surface area contributed by atoms with Crippen LogP contribution in [-0.2, 0) is 67.6 Å². The van der Waals surface area contributed by atoms with Gasteiger partial charge >= 0.3 is 0 Å². The van der Waals surface area contributed by atoms with Crippen LogP contribution >= 0.6 is 11.6 Å². The zero-order valence-electron chi connectivity index (χ0n) is 46.5. The number of nitrogens with one attached hydrogen (secondary N) is 6. The van der Waals surface area contributed by atoms with Crippen LogP contribution in [0.2, 0.25) is 5.02 Å². The molecule has 2 aromatic heterocycles. The lowest BCUT2D eigenvalue weighted by atomic mass is 9.83. The van der Waals surface area contributed by atoms with E-state index in [0.29, 0.717) is 51.9 Å². The summed E-state index contributed by atoms with van der Waals surface area (Å²) in [6, 6.07) is 7.29. The van der Waals surface area contributed by atoms with Gasteiger partial charge in [0, 0.05) is 44.0 Å². The first-order valence-corrected chi connectivity index (χ1v) is 28.3. The lowest BCUT2D eigenvalue weighted by molar-refractivity contribution is -0.143. The molecule has 1 saturated carbocycles. The molecule has 2 aromatic carbocycles. The number of hydrogen-bond acceptors (Lipinski definition) is 17. The Hall–Kier alpha value is -6.12. The molecular formula is C56H78ClF2N11O11. The summed E-state index contributed by atoms with van der Waals surface area (Å²) in [6.07, 6.45) is 12.2. The first kappa shape index (κ1) is 62.5. The largest absolute Gasteiger partial charge is 0.488 e. The van der Waals surface area contributed by atoms with Gasteiger partial charge in [-0.05, 0) is 75.6 Å². The Morgan fingerprint density at radius 1 is 0.815 bits per heavy atom. The molecule has 25 heteroatoms. The summed E-state index contributed by atoms with van der Waals surface area (Å²) in [6.45, 7) is 4.57. The van der Waals surface area contributed by atoms with Gasteiger partial charge in [0.25, 0.3) is 0 Å². The Bertz CT molecular complexity index is 2640. The van der Waals surface area contributed by atoms with Crippen molar-refractivity contribution in [2.45, 2.75) is 101 Å². The maximum absolute atomic E-state index is 15.3. The molecule has 5 atom stereocenters. The highest BCUT2D eigenvalue weighted by atomic mass is 35.5. The van der Waals surface area contributed by atoms with Gasteiger partial charge in [-0.3, -0.25) is 23.9 Å². The van der Waals surface area contributed by atoms with Gasteiger partial charge in [0.05, 0.1) is 103 Å². The summed E-state index contributed by atoms with van der Waals surface area (Å²) in [5.74, 6) is -2.52. The Labute approximate surface area is 476 Å². The Kier molecular flexibility index (Phi) is 25.5. The van der Waals surface area contributed by atoms with E-state index in [4.69, 9.17) is 44.8 Å². The second kappa shape index (κ2) is 33.1. The number of anilines is 3. The van der Waals surface area contributed by atoms with Crippen molar-refractivity contribution < 1.29 is 61.1 Å². The zero-order chi connectivity index (χ0) is 57.3. The van der Waals surface area contributed by atoms with E-state index in [-0.39, 0.29) is 123 Å². The van der Waals surface area contributed by atoms with Crippen LogP contribution in [-0.4, -0.2) is 172 Å². The van der Waals surface area contributed by atoms with E-state index in [1.807, 2.05) is 18.2 Å². The minimum absolute atomic E-state index is 0.00746. The number of hydrogen-bond donors (Lipinski definition) is 6. The van der Waals surface area contributed by atoms with E-state index >= 15 is 4.39 Å². The molecule has 6 N–H and O–H groups in total. The van der Waals surface area contributed by atoms with Crippen LogP contribution in [0, 0.1) is 17.6 Å². The fraction of sp³-hybridized carbons (Fsp3) is 0.589. The minimum atomic E-state index is -0.842. The molecule has 4 amide bonds. The van der Waals surface area contributed by atoms with Crippen LogP contribution in [0.1, 0.15) is 81.0 Å². The zero-order valence-corrected chi connectivity index (χ0v) is 47.2. The molecule has 3 aliphatic rings. The molecule has 0 spiro atoms. The summed E-state index contributed by atoms with van der Waals surface area (Å²) in [5, 5.41) is 22.4. The van der Waals surface area contributed by atoms with Crippen molar-refractivity contribution in [3.05, 3.63) is 88.3 Å². The number of fused-ring (bicyclic) bond motifs is 1. The fourth-order valence-corrected chi connectivity index (χ4v) is 10.1. The number of carbonyl (C=O) groups is 4. The number of carbonyl (C=O) groups excluding carboxylic acids is 4. The summed E-state index contributed by atoms with van der Waals surface area (Å²) >= 11 is 6.25. The lowest BCUT2D eigenvalue weighted by Gasteiger charge is -2.35. The third-order valence-corrected chi connectivity index (χ3v) is 14.5. The van der Waals surface area contributed by atoms with Crippen molar-refractivity contribution in [2.24, 2.45) is 13.0 Å². The number of ether oxygens (including phenoxy) is 7. The topological polar surface area (TPSA) is 252 Å². The fourth-order valence-electron chi connectivity index (χ4n) is 9.98. The molecule has 1 saturated heterocycles. The molecule has 0 bridgehead atoms. The molecule has 444 valence electrons. The molecule has 22 nitrogen and oxygen atoms in total. The number of likely N-dealkylation sites (tertiary alicyclic amines) is 1. The van der Waals surface area contributed by atoms with Gasteiger partial charge in [-0.1, -0.05) is 55.1 Å². The van der Waals surface area contributed by atoms with E-state index in [1.165, 1.54) is 11.8 Å². The molecule has 3 heterocycles. The summed E-state index contributed by atoms with van der Waals surface area (Å²) in [7, 11) is 3.46. The Morgan fingerprint density at radius 3 is 2.15 bits per heavy atom. The molecular weight excluding hydrogens is 1080 g/mol. The van der Waals surface area contributed by atoms with Gasteiger partial charge in [0.15, 0.2) is 17.4 Å². The van der Waals surface area contributed by atoms with E-state index in [9.17, 15) is 23.6 Å². The number of rotatable bonds is 34. The lowest BCUT2D eigenvalue weighted by Crippen LogP contribution is -2.58. The smallest absolute Gasteiger partial charge is 0.246 e. The van der Waals surface area contributed by atoms with E-state index in [1.54, 1.807) is 43.0 Å². The number of nitrogens with zero attached hydrogens (tertiary/aromatic N) is 5. The average Bonchev–Trinajstić information content (AvgIpc) is 4.31. The maximum Gasteiger partial charge on any atom is 0.246 e. The van der Waals surface area contributed by atoms with Crippen molar-refractivity contribution in [1.29, 1.82) is 0 Å². The first-order valence-electron chi connectivity index (χ1n) is 27.9. The van der Waals surface area contributed by atoms with Crippen molar-refractivity contribution in [3.8, 4) is 5.75 Å². The van der Waals surface area contributed by atoms with Crippen molar-refractivity contribution in [1.82, 2.24) is 45.9 Å². The average molecular weight is 1150 g/mol. The third kappa shape index (κ3) is 19.8. The molecule has 2 aliphatic carbocycles. The number of aryl methyl sites for hydroxylation is 2. The van der Waals surface area contributed by atoms with Crippen LogP contribution in [0.3, 0.4) is 0 Å². The highest BCUT2D eigenvalue weighted by Crippen LogP contribution is 2.33. The van der Waals surface area contributed by atoms with E-state index in [2.05, 4.69) is 53.0 Å². The van der Waals surface area contributed by atoms with Gasteiger partial charge in [0.1, 0.15) is 36.1 Å². The van der Waals surface area contributed by atoms with Crippen LogP contribution < -0.4 is 36.6 Å². The minimum Gasteiger partial charge on any atom is -0.488 e. The monoisotopic (exact) mass is 1150 g/mol. The quantitative estimate of drug-likeness (QED) is 0.0339. The highest BCUT2D eigenvalue weighted by Gasteiger charge is 2.45. The van der Waals surface area contributed by atoms with Crippen LogP contribution in [0.25, 0.3) is 0 Å². The molecule has 0 radical (unpaired) electrons. The number of aromatic nitrogens is 4. The normalized spacial score (nSPS) is 18.0. The standard InChI is InChI=1S/C56H78ClF2N11O11/c1-37(60-2)53(72)67-51(39-11-5-4-6-12-39)55(74)70-35-42(30-47(70)54(73)66-46-15-9-13-38-10-7-8-14-44(38)46)64-49(71)36-80-25-24-78-21-20-76-17-16-75-18-19-77-22-23-79-26-27-81-48-29-41(58)28-40(50(48)59)31-61-52-45(57)33-62-56(68-52)65-43-32-63-69(3)34-43/h7-8,10,14,28-29,32-34,37,39,42,46-47,51,60H,4-6,9,11-13,15-27,30-31,35-36H2,1-3H3,(H,64,71)(H,66,73)(H,67,72)(H2,61,62,65,68). The van der Waals surface area contributed by atoms with Crippen LogP contribution in [0.5, 0.6) is 5.75 Å². The number of halogens is 3. The number of likely N-dealkylation sites (N-methyl/N-ethyl adjacent to an activating group) is 1. The summed E-state index contributed by atoms with van der Waals surface area (Å²) in [5.41, 5.74) is 2.95. The molecule has 4 aromatic rings. The van der Waals surface area contributed by atoms with Crippen LogP contribution in [0.15, 0.2) is 55.0 Å². The van der Waals surface area contributed by atoms with Gasteiger partial charge < -0.3 is 70.0 Å². The molecule has 1 aliphatic heterocycles. The third-order valence-electron chi connectivity index (χ3n) is 14.3.